The highest BCUT2D eigenvalue weighted by Crippen LogP contribution is 2.26. The summed E-state index contributed by atoms with van der Waals surface area (Å²) < 4.78 is 26.7. The summed E-state index contributed by atoms with van der Waals surface area (Å²) in [5, 5.41) is 0. The van der Waals surface area contributed by atoms with Gasteiger partial charge in [0.15, 0.2) is 0 Å². The molecule has 0 aliphatic heterocycles. The van der Waals surface area contributed by atoms with E-state index in [0.717, 1.165) is 23.8 Å². The van der Waals surface area contributed by atoms with E-state index in [4.69, 9.17) is 5.73 Å². The number of hydrogen-bond acceptors (Lipinski definition) is 2. The van der Waals surface area contributed by atoms with Crippen LogP contribution >= 0.6 is 0 Å². The summed E-state index contributed by atoms with van der Waals surface area (Å²) in [6.45, 7) is 3.62. The normalized spacial score (nSPS) is 10.6. The molecule has 2 aromatic rings. The van der Waals surface area contributed by atoms with E-state index >= 15 is 0 Å². The lowest BCUT2D eigenvalue weighted by atomic mass is 10.1. The topological polar surface area (TPSA) is 38.9 Å². The lowest BCUT2D eigenvalue weighted by Gasteiger charge is -2.08. The molecule has 0 atom stereocenters. The van der Waals surface area contributed by atoms with Gasteiger partial charge in [-0.15, -0.1) is 0 Å². The summed E-state index contributed by atoms with van der Waals surface area (Å²) in [6, 6.07) is 4.83. The fourth-order valence-electron chi connectivity index (χ4n) is 1.59. The second-order valence-corrected chi connectivity index (χ2v) is 3.93. The van der Waals surface area contributed by atoms with Crippen molar-refractivity contribution in [1.82, 2.24) is 4.98 Å². The molecule has 88 valence electrons. The smallest absolute Gasteiger partial charge is 0.132 e. The minimum atomic E-state index is -0.512. The lowest BCUT2D eigenvalue weighted by molar-refractivity contribution is 0.602. The van der Waals surface area contributed by atoms with E-state index in [-0.39, 0.29) is 5.56 Å². The van der Waals surface area contributed by atoms with E-state index in [9.17, 15) is 8.78 Å². The predicted octanol–water partition coefficient (Wildman–Crippen LogP) is 3.23. The third-order valence-electron chi connectivity index (χ3n) is 2.76. The maximum atomic E-state index is 13.6. The molecule has 0 aliphatic rings. The first-order valence-corrected chi connectivity index (χ1v) is 5.18. The molecule has 0 fully saturated rings. The van der Waals surface area contributed by atoms with Gasteiger partial charge in [0.2, 0.25) is 0 Å². The van der Waals surface area contributed by atoms with Gasteiger partial charge in [0.1, 0.15) is 11.6 Å². The molecule has 0 radical (unpaired) electrons. The van der Waals surface area contributed by atoms with E-state index in [2.05, 4.69) is 4.98 Å². The van der Waals surface area contributed by atoms with Crippen molar-refractivity contribution >= 4 is 5.69 Å². The number of nitrogens with zero attached hydrogens (tertiary/aromatic N) is 1. The average molecular weight is 234 g/mol. The first-order chi connectivity index (χ1) is 7.99. The van der Waals surface area contributed by atoms with Crippen molar-refractivity contribution in [2.45, 2.75) is 13.8 Å². The first-order valence-electron chi connectivity index (χ1n) is 5.18. The molecule has 2 rings (SSSR count). The number of aryl methyl sites for hydroxylation is 1. The van der Waals surface area contributed by atoms with Gasteiger partial charge >= 0.3 is 0 Å². The molecule has 2 nitrogen and oxygen atoms in total. The molecule has 0 amide bonds. The Morgan fingerprint density at radius 3 is 2.47 bits per heavy atom. The highest BCUT2D eigenvalue weighted by molar-refractivity contribution is 5.66. The standard InChI is InChI=1S/C13H12F2N2/c1-7-8(2)17-13(6-12(7)16)10-5-9(14)3-4-11(10)15/h3-6H,1-2H3,(H2,16,17). The summed E-state index contributed by atoms with van der Waals surface area (Å²) in [4.78, 5) is 4.22. The Labute approximate surface area is 98.1 Å². The molecular formula is C13H12F2N2. The van der Waals surface area contributed by atoms with Gasteiger partial charge in [-0.1, -0.05) is 0 Å². The van der Waals surface area contributed by atoms with Gasteiger partial charge in [0, 0.05) is 16.9 Å². The van der Waals surface area contributed by atoms with E-state index in [1.54, 1.807) is 13.0 Å². The number of hydrogen-bond donors (Lipinski definition) is 1. The fraction of sp³-hybridized carbons (Fsp3) is 0.154. The van der Waals surface area contributed by atoms with Crippen molar-refractivity contribution in [2.75, 3.05) is 5.73 Å². The van der Waals surface area contributed by atoms with Crippen LogP contribution in [-0.2, 0) is 0 Å². The SMILES string of the molecule is Cc1nc(-c2cc(F)ccc2F)cc(N)c1C. The molecule has 0 saturated carbocycles. The summed E-state index contributed by atoms with van der Waals surface area (Å²) in [5.41, 5.74) is 8.35. The van der Waals surface area contributed by atoms with Gasteiger partial charge in [-0.3, -0.25) is 4.98 Å². The highest BCUT2D eigenvalue weighted by atomic mass is 19.1. The number of nitrogens with two attached hydrogens (primary N) is 1. The zero-order chi connectivity index (χ0) is 12.6. The molecule has 0 saturated heterocycles. The van der Waals surface area contributed by atoms with E-state index in [1.807, 2.05) is 6.92 Å². The fourth-order valence-corrected chi connectivity index (χ4v) is 1.59. The van der Waals surface area contributed by atoms with Crippen LogP contribution in [0, 0.1) is 25.5 Å². The Bertz CT molecular complexity index is 557. The van der Waals surface area contributed by atoms with Crippen LogP contribution in [0.5, 0.6) is 0 Å². The summed E-state index contributed by atoms with van der Waals surface area (Å²) in [7, 11) is 0. The number of halogens is 2. The number of aromatic nitrogens is 1. The van der Waals surface area contributed by atoms with Crippen LogP contribution in [0.25, 0.3) is 11.3 Å². The number of nitrogen functional groups attached to an aromatic ring is 1. The molecule has 0 spiro atoms. The van der Waals surface area contributed by atoms with Crippen LogP contribution in [0.3, 0.4) is 0 Å². The molecule has 0 bridgehead atoms. The van der Waals surface area contributed by atoms with Crippen LogP contribution < -0.4 is 5.73 Å². The zero-order valence-corrected chi connectivity index (χ0v) is 9.59. The van der Waals surface area contributed by atoms with E-state index < -0.39 is 11.6 Å². The highest BCUT2D eigenvalue weighted by Gasteiger charge is 2.10. The second-order valence-electron chi connectivity index (χ2n) is 3.93. The number of anilines is 1. The third-order valence-corrected chi connectivity index (χ3v) is 2.76. The Kier molecular flexibility index (Phi) is 2.79. The van der Waals surface area contributed by atoms with Gasteiger partial charge in [0.05, 0.1) is 5.69 Å². The van der Waals surface area contributed by atoms with Crippen molar-refractivity contribution in [3.63, 3.8) is 0 Å². The van der Waals surface area contributed by atoms with Crippen LogP contribution in [0.4, 0.5) is 14.5 Å². The Balaban J connectivity index is 2.64. The Morgan fingerprint density at radius 2 is 1.82 bits per heavy atom. The molecule has 17 heavy (non-hydrogen) atoms. The monoisotopic (exact) mass is 234 g/mol. The van der Waals surface area contributed by atoms with Crippen molar-refractivity contribution in [3.8, 4) is 11.3 Å². The van der Waals surface area contributed by atoms with E-state index in [1.165, 1.54) is 0 Å². The quantitative estimate of drug-likeness (QED) is 0.822. The molecule has 1 aromatic heterocycles. The van der Waals surface area contributed by atoms with Crippen LogP contribution in [-0.4, -0.2) is 4.98 Å². The molecule has 4 heteroatoms. The van der Waals surface area contributed by atoms with Crippen molar-refractivity contribution < 1.29 is 8.78 Å². The van der Waals surface area contributed by atoms with Gasteiger partial charge in [-0.2, -0.15) is 0 Å². The van der Waals surface area contributed by atoms with Gasteiger partial charge in [-0.25, -0.2) is 8.78 Å². The summed E-state index contributed by atoms with van der Waals surface area (Å²) in [5.74, 6) is -1.01. The Hall–Kier alpha value is -1.97. The average Bonchev–Trinajstić information content (AvgIpc) is 2.28. The molecule has 1 heterocycles. The van der Waals surface area contributed by atoms with Crippen LogP contribution in [0.1, 0.15) is 11.3 Å². The number of pyridine rings is 1. The molecule has 0 aliphatic carbocycles. The van der Waals surface area contributed by atoms with Crippen molar-refractivity contribution in [3.05, 3.63) is 47.2 Å². The predicted molar refractivity (Wildman–Crippen MR) is 63.5 cm³/mol. The van der Waals surface area contributed by atoms with Crippen molar-refractivity contribution in [1.29, 1.82) is 0 Å². The van der Waals surface area contributed by atoms with Gasteiger partial charge < -0.3 is 5.73 Å². The van der Waals surface area contributed by atoms with E-state index in [0.29, 0.717) is 17.1 Å². The Morgan fingerprint density at radius 1 is 1.12 bits per heavy atom. The van der Waals surface area contributed by atoms with Gasteiger partial charge in [-0.05, 0) is 43.7 Å². The largest absolute Gasteiger partial charge is 0.398 e. The number of rotatable bonds is 1. The first kappa shape index (κ1) is 11.5. The number of benzene rings is 1. The summed E-state index contributed by atoms with van der Waals surface area (Å²) in [6.07, 6.45) is 0. The second kappa shape index (κ2) is 4.13. The molecular weight excluding hydrogens is 222 g/mol. The third kappa shape index (κ3) is 2.11. The molecule has 2 N–H and O–H groups in total. The zero-order valence-electron chi connectivity index (χ0n) is 9.59. The van der Waals surface area contributed by atoms with Crippen molar-refractivity contribution in [2.24, 2.45) is 0 Å². The maximum Gasteiger partial charge on any atom is 0.132 e. The maximum absolute atomic E-state index is 13.6. The summed E-state index contributed by atoms with van der Waals surface area (Å²) >= 11 is 0. The minimum absolute atomic E-state index is 0.125. The van der Waals surface area contributed by atoms with Crippen LogP contribution in [0.2, 0.25) is 0 Å². The van der Waals surface area contributed by atoms with Gasteiger partial charge in [0.25, 0.3) is 0 Å². The molecule has 0 unspecified atom stereocenters. The lowest BCUT2D eigenvalue weighted by Crippen LogP contribution is -1.98. The molecule has 1 aromatic carbocycles. The van der Waals surface area contributed by atoms with Crippen LogP contribution in [0.15, 0.2) is 24.3 Å². The minimum Gasteiger partial charge on any atom is -0.398 e.